The van der Waals surface area contributed by atoms with Crippen molar-refractivity contribution in [2.75, 3.05) is 40.4 Å². The smallest absolute Gasteiger partial charge is 0.348 e. The molecule has 3 atom stereocenters. The second-order valence-corrected chi connectivity index (χ2v) is 14.5. The highest BCUT2D eigenvalue weighted by Crippen LogP contribution is 2.36. The first-order valence-corrected chi connectivity index (χ1v) is 18.0. The van der Waals surface area contributed by atoms with Crippen LogP contribution in [0.4, 0.5) is 0 Å². The number of benzene rings is 2. The van der Waals surface area contributed by atoms with Crippen molar-refractivity contribution in [3.05, 3.63) is 110 Å². The molecule has 51 heavy (non-hydrogen) atoms. The van der Waals surface area contributed by atoms with Crippen molar-refractivity contribution in [2.24, 2.45) is 5.92 Å². The molecule has 0 saturated carbocycles. The number of nitrogens with one attached hydrogen (secondary N) is 2. The number of aromatic amines is 1. The minimum absolute atomic E-state index is 0. The van der Waals surface area contributed by atoms with Crippen molar-refractivity contribution in [3.63, 3.8) is 0 Å². The number of piperidine rings is 3. The number of fused-ring (bicyclic) bond motifs is 3. The van der Waals surface area contributed by atoms with Gasteiger partial charge in [0.2, 0.25) is 0 Å². The molecule has 3 fully saturated rings. The Morgan fingerprint density at radius 2 is 1.73 bits per heavy atom. The number of thiophene rings is 1. The lowest BCUT2D eigenvalue weighted by atomic mass is 9.85. The lowest BCUT2D eigenvalue weighted by molar-refractivity contribution is -0.377. The molecule has 5 heterocycles. The third kappa shape index (κ3) is 8.83. The number of carbonyl (C=O) groups is 2. The Labute approximate surface area is 310 Å². The van der Waals surface area contributed by atoms with Crippen molar-refractivity contribution in [3.8, 4) is 11.5 Å². The molecule has 0 spiro atoms. The van der Waals surface area contributed by atoms with Crippen molar-refractivity contribution < 1.29 is 44.1 Å². The molecule has 3 aliphatic rings. The van der Waals surface area contributed by atoms with E-state index in [0.717, 1.165) is 30.8 Å². The number of H-pyrrole nitrogens is 1. The quantitative estimate of drug-likeness (QED) is 0.159. The monoisotopic (exact) mass is 757 g/mol. The van der Waals surface area contributed by atoms with Crippen LogP contribution in [0.1, 0.15) is 50.2 Å². The molecule has 3 saturated heterocycles. The lowest BCUT2D eigenvalue weighted by Crippen LogP contribution is -2.54. The van der Waals surface area contributed by atoms with E-state index >= 15 is 0 Å². The van der Waals surface area contributed by atoms with Gasteiger partial charge in [0.1, 0.15) is 27.1 Å². The number of pyridine rings is 1. The number of hydrogen-bond donors (Lipinski definition) is 2. The number of methoxy groups -OCH3 is 2. The maximum Gasteiger partial charge on any atom is 0.348 e. The highest BCUT2D eigenvalue weighted by molar-refractivity contribution is 7.13. The summed E-state index contributed by atoms with van der Waals surface area (Å²) in [5.74, 6) is 0.138. The van der Waals surface area contributed by atoms with E-state index in [2.05, 4.69) is 15.2 Å². The highest BCUT2D eigenvalue weighted by Gasteiger charge is 2.44. The van der Waals surface area contributed by atoms with E-state index in [1.807, 2.05) is 12.1 Å². The van der Waals surface area contributed by atoms with Crippen molar-refractivity contribution in [1.29, 1.82) is 0 Å². The molecular weight excluding hydrogens is 717 g/mol. The molecule has 2 bridgehead atoms. The number of aliphatic hydroxyl groups is 1. The zero-order valence-electron chi connectivity index (χ0n) is 28.3. The minimum atomic E-state index is -1.89. The summed E-state index contributed by atoms with van der Waals surface area (Å²) in [6.45, 7) is 2.95. The van der Waals surface area contributed by atoms with Crippen LogP contribution in [-0.2, 0) is 32.8 Å². The number of rotatable bonds is 14. The SMILES string of the molecule is COc1ccc([C@H](Cc2c(Cl)c[nH+]cc2Cl)OC(=O)c2ccc(CNCC(O)(C(=O)O[C@H]3CN4CCC3CC4)c3ccccc3)s2)cc1OC.[OH-]. The molecule has 14 heteroatoms. The third-order valence-corrected chi connectivity index (χ3v) is 11.1. The van der Waals surface area contributed by atoms with Crippen LogP contribution in [0.3, 0.4) is 0 Å². The van der Waals surface area contributed by atoms with Gasteiger partial charge in [0.15, 0.2) is 29.5 Å². The van der Waals surface area contributed by atoms with Crippen LogP contribution in [-0.4, -0.2) is 73.9 Å². The third-order valence-electron chi connectivity index (χ3n) is 9.40. The van der Waals surface area contributed by atoms with E-state index in [0.29, 0.717) is 62.1 Å². The number of carbonyl (C=O) groups excluding carboxylic acids is 2. The average Bonchev–Trinajstić information content (AvgIpc) is 3.62. The van der Waals surface area contributed by atoms with Crippen molar-refractivity contribution >= 4 is 46.5 Å². The first-order valence-electron chi connectivity index (χ1n) is 16.5. The Bertz CT molecular complexity index is 1780. The van der Waals surface area contributed by atoms with Crippen LogP contribution < -0.4 is 19.8 Å². The Hall–Kier alpha value is -3.75. The summed E-state index contributed by atoms with van der Waals surface area (Å²) >= 11 is 14.2. The van der Waals surface area contributed by atoms with Gasteiger partial charge in [-0.15, -0.1) is 11.3 Å². The molecule has 0 aliphatic carbocycles. The van der Waals surface area contributed by atoms with Crippen LogP contribution in [0, 0.1) is 5.92 Å². The summed E-state index contributed by atoms with van der Waals surface area (Å²) in [4.78, 5) is 33.5. The first kappa shape index (κ1) is 38.5. The molecule has 4 N–H and O–H groups in total. The fourth-order valence-electron chi connectivity index (χ4n) is 6.56. The number of hydrogen-bond acceptors (Lipinski definition) is 11. The standard InChI is InChI=1S/C37H39Cl2N3O7S.H2O/c1-46-30-10-8-24(16-32(30)47-2)31(17-27-28(38)19-40-20-29(27)39)48-35(43)34-11-9-26(50-34)18-41-22-37(45,25-6-4-3-5-7-25)36(44)49-33-21-42-14-12-23(33)13-15-42;/h3-11,16,19-20,23,31,33,41,45H,12-15,17-18,21-22H2,1-2H3;1H2/t31-,33-,37?;/m0./s1. The second kappa shape index (κ2) is 17.2. The van der Waals surface area contributed by atoms with Gasteiger partial charge in [-0.25, -0.2) is 14.6 Å². The molecule has 11 nitrogen and oxygen atoms in total. The zero-order valence-corrected chi connectivity index (χ0v) is 30.6. The van der Waals surface area contributed by atoms with Gasteiger partial charge in [-0.3, -0.25) is 4.90 Å². The van der Waals surface area contributed by atoms with E-state index in [9.17, 15) is 14.7 Å². The number of halogens is 2. The van der Waals surface area contributed by atoms with Gasteiger partial charge in [-0.1, -0.05) is 59.6 Å². The van der Waals surface area contributed by atoms with Gasteiger partial charge in [0.25, 0.3) is 0 Å². The summed E-state index contributed by atoms with van der Waals surface area (Å²) in [6, 6.07) is 17.7. The topological polar surface area (TPSA) is 151 Å². The Morgan fingerprint density at radius 3 is 2.37 bits per heavy atom. The summed E-state index contributed by atoms with van der Waals surface area (Å²) in [5, 5.41) is 15.8. The summed E-state index contributed by atoms with van der Waals surface area (Å²) in [6.07, 6.45) is 4.43. The molecule has 0 amide bonds. The molecule has 4 aromatic rings. The van der Waals surface area contributed by atoms with E-state index in [1.165, 1.54) is 18.4 Å². The van der Waals surface area contributed by atoms with Crippen LogP contribution >= 0.6 is 34.5 Å². The van der Waals surface area contributed by atoms with Crippen molar-refractivity contribution in [2.45, 2.75) is 43.6 Å². The summed E-state index contributed by atoms with van der Waals surface area (Å²) in [7, 11) is 3.08. The maximum atomic E-state index is 13.6. The van der Waals surface area contributed by atoms with E-state index < -0.39 is 23.6 Å². The predicted molar refractivity (Wildman–Crippen MR) is 192 cm³/mol. The van der Waals surface area contributed by atoms with E-state index in [4.69, 9.17) is 42.1 Å². The van der Waals surface area contributed by atoms with E-state index in [1.54, 1.807) is 68.0 Å². The zero-order chi connectivity index (χ0) is 35.3. The van der Waals surface area contributed by atoms with Gasteiger partial charge < -0.3 is 34.8 Å². The number of aromatic nitrogens is 1. The van der Waals surface area contributed by atoms with Crippen molar-refractivity contribution in [1.82, 2.24) is 10.2 Å². The number of nitrogens with zero attached hydrogens (tertiary/aromatic N) is 1. The molecule has 1 unspecified atom stereocenters. The van der Waals surface area contributed by atoms with Gasteiger partial charge in [-0.05, 0) is 67.2 Å². The molecule has 0 radical (unpaired) electrons. The number of ether oxygens (including phenoxy) is 4. The molecule has 3 aliphatic heterocycles. The molecular formula is C37H41Cl2N3O8S. The highest BCUT2D eigenvalue weighted by atomic mass is 35.5. The molecule has 2 aromatic heterocycles. The average molecular weight is 759 g/mol. The van der Waals surface area contributed by atoms with Crippen LogP contribution in [0.5, 0.6) is 11.5 Å². The van der Waals surface area contributed by atoms with Crippen LogP contribution in [0.15, 0.2) is 73.1 Å². The summed E-state index contributed by atoms with van der Waals surface area (Å²) in [5.41, 5.74) is -0.156. The fraction of sp³-hybridized carbons (Fsp3) is 0.378. The van der Waals surface area contributed by atoms with Crippen LogP contribution in [0.2, 0.25) is 10.0 Å². The van der Waals surface area contributed by atoms with Gasteiger partial charge in [-0.2, -0.15) is 0 Å². The van der Waals surface area contributed by atoms with Gasteiger partial charge >= 0.3 is 11.9 Å². The number of esters is 2. The second-order valence-electron chi connectivity index (χ2n) is 12.5. The Balaban J connectivity index is 0.00000504. The lowest BCUT2D eigenvalue weighted by Gasteiger charge is -2.44. The predicted octanol–water partition coefficient (Wildman–Crippen LogP) is 5.47. The first-order chi connectivity index (χ1) is 24.2. The Morgan fingerprint density at radius 1 is 1.02 bits per heavy atom. The minimum Gasteiger partial charge on any atom is -0.870 e. The van der Waals surface area contributed by atoms with E-state index in [-0.39, 0.29) is 24.5 Å². The van der Waals surface area contributed by atoms with Gasteiger partial charge in [0, 0.05) is 36.5 Å². The normalized spacial score (nSPS) is 19.7. The van der Waals surface area contributed by atoms with Crippen LogP contribution in [0.25, 0.3) is 0 Å². The maximum absolute atomic E-state index is 13.6. The molecule has 7 rings (SSSR count). The summed E-state index contributed by atoms with van der Waals surface area (Å²) < 4.78 is 23.0. The molecule has 2 aromatic carbocycles. The largest absolute Gasteiger partial charge is 0.870 e. The Kier molecular flexibility index (Phi) is 13.0. The van der Waals surface area contributed by atoms with Gasteiger partial charge in [0.05, 0.1) is 14.2 Å². The fourth-order valence-corrected chi connectivity index (χ4v) is 7.95. The molecule has 272 valence electrons.